The van der Waals surface area contributed by atoms with E-state index in [0.717, 1.165) is 49.2 Å². The zero-order chi connectivity index (χ0) is 75.9. The Morgan fingerprint density at radius 2 is 0.656 bits per heavy atom. The summed E-state index contributed by atoms with van der Waals surface area (Å²) in [6.45, 7) is 5.37. The van der Waals surface area contributed by atoms with Crippen LogP contribution in [-0.4, -0.2) is 25.0 Å². The van der Waals surface area contributed by atoms with Crippen LogP contribution in [0.4, 0.5) is 34.1 Å². The van der Waals surface area contributed by atoms with Crippen LogP contribution < -0.4 is 26.2 Å². The van der Waals surface area contributed by atoms with Crippen molar-refractivity contribution in [3.8, 4) is 34.9 Å². The first-order valence-corrected chi connectivity index (χ1v) is 30.5. The smallest absolute Gasteiger partial charge is 0.252 e. The minimum atomic E-state index is -0.850. The van der Waals surface area contributed by atoms with Gasteiger partial charge in [-0.2, -0.15) is 10.5 Å². The average Bonchev–Trinajstić information content (AvgIpc) is 1.48. The molecule has 13 aromatic carbocycles. The van der Waals surface area contributed by atoms with E-state index in [1.165, 1.54) is 9.13 Å². The second kappa shape index (κ2) is 19.6. The maximum Gasteiger partial charge on any atom is 0.252 e. The predicted octanol–water partition coefficient (Wildman–Crippen LogP) is 19.2. The van der Waals surface area contributed by atoms with Gasteiger partial charge in [-0.25, -0.2) is 0 Å². The summed E-state index contributed by atoms with van der Waals surface area (Å²) < 4.78 is 156. The number of aromatic nitrogens is 4. The summed E-state index contributed by atoms with van der Waals surface area (Å²) in [7, 11) is 0. The van der Waals surface area contributed by atoms with Crippen LogP contribution in [0.2, 0.25) is 0 Å². The van der Waals surface area contributed by atoms with Crippen molar-refractivity contribution in [3.05, 3.63) is 295 Å². The molecule has 4 aromatic heterocycles. The molecule has 0 spiro atoms. The van der Waals surface area contributed by atoms with Gasteiger partial charge in [-0.05, 0) is 136 Å². The highest BCUT2D eigenvalue weighted by Crippen LogP contribution is 2.51. The van der Waals surface area contributed by atoms with Gasteiger partial charge < -0.3 is 28.1 Å². The molecule has 19 rings (SSSR count). The predicted molar refractivity (Wildman–Crippen MR) is 386 cm³/mol. The number of nitriles is 2. The molecule has 0 radical (unpaired) electrons. The van der Waals surface area contributed by atoms with E-state index in [1.807, 2.05) is 168 Å². The van der Waals surface area contributed by atoms with Gasteiger partial charge in [0.15, 0.2) is 0 Å². The molecule has 2 aliphatic heterocycles. The molecular weight excluding hydrogens is 1130 g/mol. The van der Waals surface area contributed by atoms with Crippen LogP contribution in [0.1, 0.15) is 59.4 Å². The Balaban J connectivity index is 0.985. The van der Waals surface area contributed by atoms with E-state index < -0.39 is 109 Å². The zero-order valence-electron chi connectivity index (χ0n) is 66.0. The van der Waals surface area contributed by atoms with Crippen LogP contribution in [-0.2, 0) is 5.41 Å². The van der Waals surface area contributed by atoms with Gasteiger partial charge in [0, 0.05) is 77.2 Å². The molecule has 0 N–H and O–H groups in total. The van der Waals surface area contributed by atoms with Crippen molar-refractivity contribution in [3.63, 3.8) is 0 Å². The van der Waals surface area contributed by atoms with Crippen LogP contribution in [0.5, 0.6) is 0 Å². The highest BCUT2D eigenvalue weighted by Gasteiger charge is 2.46. The Labute approximate surface area is 559 Å². The second-order valence-electron chi connectivity index (χ2n) is 24.6. The number of para-hydroxylation sites is 8. The molecule has 0 bridgehead atoms. The minimum Gasteiger partial charge on any atom is -0.310 e. The van der Waals surface area contributed by atoms with Crippen LogP contribution in [0.25, 0.3) is 110 Å². The Bertz CT molecular complexity index is 6520. The lowest BCUT2D eigenvalue weighted by Gasteiger charge is -2.45. The van der Waals surface area contributed by atoms with E-state index in [-0.39, 0.29) is 66.1 Å². The lowest BCUT2D eigenvalue weighted by Crippen LogP contribution is -2.61. The molecule has 0 saturated heterocycles. The summed E-state index contributed by atoms with van der Waals surface area (Å²) >= 11 is 0. The molecule has 0 saturated carbocycles. The van der Waals surface area contributed by atoms with E-state index in [9.17, 15) is 21.5 Å². The van der Waals surface area contributed by atoms with Gasteiger partial charge in [-0.3, -0.25) is 0 Å². The van der Waals surface area contributed by atoms with E-state index in [2.05, 4.69) is 54.2 Å². The van der Waals surface area contributed by atoms with Gasteiger partial charge in [-0.1, -0.05) is 190 Å². The number of benzene rings is 13. The molecule has 93 heavy (non-hydrogen) atoms. The SMILES string of the molecule is [2H]c1c([2H])c([2H])c2c(c1[2H])c1c([2H])c([2H])c([2H])c([2H])c1n2-c1ccc2c(c1)N(c1cccc(-n3c4ccccc4c4ccccc43)c1C#N)c1cc(C(C)(C)C)cc3c1B2c1ccc(-n2c4c([2H])c([2H])c([2H])c([2H])c4c4c([2H])c([2H])c([2H])c([2H])c42)cc1N3c1cccc(-n2c3ccccc3c3ccccc32)c1C#N. The molecule has 6 heterocycles. The number of fused-ring (bicyclic) bond motifs is 16. The van der Waals surface area contributed by atoms with Gasteiger partial charge in [0.1, 0.15) is 23.3 Å². The van der Waals surface area contributed by atoms with Crippen molar-refractivity contribution in [1.29, 1.82) is 10.5 Å². The minimum absolute atomic E-state index is 0.110. The molecule has 9 heteroatoms. The number of anilines is 6. The fourth-order valence-electron chi connectivity index (χ4n) is 14.9. The Morgan fingerprint density at radius 3 is 1.00 bits per heavy atom. The first-order valence-electron chi connectivity index (χ1n) is 38.5. The summed E-state index contributed by atoms with van der Waals surface area (Å²) in [5.41, 5.74) is 9.61. The van der Waals surface area contributed by atoms with Gasteiger partial charge in [-0.15, -0.1) is 0 Å². The van der Waals surface area contributed by atoms with Crippen LogP contribution in [0, 0.1) is 22.7 Å². The highest BCUT2D eigenvalue weighted by atomic mass is 15.2. The summed E-state index contributed by atoms with van der Waals surface area (Å²) in [5.74, 6) is 0. The van der Waals surface area contributed by atoms with E-state index in [1.54, 1.807) is 12.1 Å². The maximum atomic E-state index is 12.3. The van der Waals surface area contributed by atoms with Crippen molar-refractivity contribution in [2.24, 2.45) is 0 Å². The highest BCUT2D eigenvalue weighted by molar-refractivity contribution is 7.00. The fourth-order valence-corrected chi connectivity index (χ4v) is 14.9. The summed E-state index contributed by atoms with van der Waals surface area (Å²) in [6, 6.07) is 54.8. The molecule has 17 aromatic rings. The summed E-state index contributed by atoms with van der Waals surface area (Å²) in [4.78, 5) is 4.04. The molecule has 0 amide bonds. The van der Waals surface area contributed by atoms with E-state index >= 15 is 0 Å². The molecule has 0 aliphatic carbocycles. The zero-order valence-corrected chi connectivity index (χ0v) is 50.0. The molecule has 2 aliphatic rings. The maximum absolute atomic E-state index is 12.3. The first kappa shape index (κ1) is 39.0. The normalized spacial score (nSPS) is 15.2. The third kappa shape index (κ3) is 7.36. The van der Waals surface area contributed by atoms with Crippen molar-refractivity contribution in [2.75, 3.05) is 9.80 Å². The van der Waals surface area contributed by atoms with E-state index in [0.29, 0.717) is 61.9 Å². The third-order valence-corrected chi connectivity index (χ3v) is 18.9. The fraction of sp³-hybridized carbons (Fsp3) is 0.0476. The Kier molecular flexibility index (Phi) is 8.21. The third-order valence-electron chi connectivity index (χ3n) is 18.9. The van der Waals surface area contributed by atoms with Crippen LogP contribution in [0.15, 0.2) is 279 Å². The van der Waals surface area contributed by atoms with Crippen LogP contribution >= 0.6 is 0 Å². The summed E-state index contributed by atoms with van der Waals surface area (Å²) in [6.07, 6.45) is 0. The average molecular weight is 1200 g/mol. The molecule has 0 unspecified atom stereocenters. The van der Waals surface area contributed by atoms with Gasteiger partial charge in [0.25, 0.3) is 6.71 Å². The van der Waals surface area contributed by atoms with Crippen molar-refractivity contribution in [1.82, 2.24) is 18.3 Å². The topological polar surface area (TPSA) is 73.8 Å². The molecule has 8 nitrogen and oxygen atoms in total. The largest absolute Gasteiger partial charge is 0.310 e. The quantitative estimate of drug-likeness (QED) is 0.156. The second-order valence-corrected chi connectivity index (χ2v) is 24.6. The number of hydrogen-bond acceptors (Lipinski definition) is 4. The van der Waals surface area contributed by atoms with Gasteiger partial charge in [0.05, 0.1) is 88.8 Å². The van der Waals surface area contributed by atoms with Crippen molar-refractivity contribution in [2.45, 2.75) is 26.2 Å². The number of rotatable bonds is 6. The monoisotopic (exact) mass is 1200 g/mol. The molecule has 0 atom stereocenters. The van der Waals surface area contributed by atoms with Gasteiger partial charge >= 0.3 is 0 Å². The number of hydrogen-bond donors (Lipinski definition) is 0. The lowest BCUT2D eigenvalue weighted by molar-refractivity contribution is 0.590. The molecule has 0 fully saturated rings. The van der Waals surface area contributed by atoms with Gasteiger partial charge in [0.2, 0.25) is 0 Å². The van der Waals surface area contributed by atoms with Crippen molar-refractivity contribution < 1.29 is 21.9 Å². The Hall–Kier alpha value is -12.3. The van der Waals surface area contributed by atoms with Crippen molar-refractivity contribution >= 4 is 144 Å². The Morgan fingerprint density at radius 1 is 0.323 bits per heavy atom. The first-order chi connectivity index (χ1) is 52.4. The molecule has 434 valence electrons. The summed E-state index contributed by atoms with van der Waals surface area (Å²) in [5, 5.41) is 27.9. The van der Waals surface area contributed by atoms with E-state index in [4.69, 9.17) is 11.0 Å². The lowest BCUT2D eigenvalue weighted by atomic mass is 9.33. The number of nitrogens with zero attached hydrogens (tertiary/aromatic N) is 8. The standard InChI is InChI=1S/C84H55BN8/c1-84(2,3)52-46-81-83-82(47-52)93(78-41-21-39-76(64(78)51-87)91-73-36-18-10-28-61(73)62-29-11-19-37-74(62)91)80-49-54(89-69-32-14-6-24-57(69)58-25-7-15-33-70(58)89)43-45-66(80)85(83)65-44-42-53(88-67-30-12-4-22-55(67)56-23-5-13-31-68(56)88)48-79(65)92(81)77-40-20-38-75(63(77)50-86)90-71-34-16-8-26-59(71)60-27-9-17-35-72(60)90/h4-49H,1-3H3/i4D,5D,6D,7D,12D,13D,14D,15D,22D,23D,24D,25D,30D,31D,32D,33D. The molecular formula is C84H55BN8. The van der Waals surface area contributed by atoms with Crippen LogP contribution in [0.3, 0.4) is 0 Å².